The highest BCUT2D eigenvalue weighted by molar-refractivity contribution is 5.82. The van der Waals surface area contributed by atoms with E-state index in [0.717, 1.165) is 0 Å². The van der Waals surface area contributed by atoms with Gasteiger partial charge >= 0.3 is 0 Å². The van der Waals surface area contributed by atoms with Gasteiger partial charge in [-0.1, -0.05) is 12.1 Å². The summed E-state index contributed by atoms with van der Waals surface area (Å²) >= 11 is 0. The summed E-state index contributed by atoms with van der Waals surface area (Å²) in [5, 5.41) is 23.1. The van der Waals surface area contributed by atoms with Crippen LogP contribution in [0, 0.1) is 10.1 Å². The molecule has 96 valence electrons. The van der Waals surface area contributed by atoms with Crippen molar-refractivity contribution in [1.82, 2.24) is 0 Å². The van der Waals surface area contributed by atoms with E-state index in [9.17, 15) is 10.1 Å². The molecule has 2 aromatic rings. The maximum atomic E-state index is 11.0. The molecule has 0 fully saturated rings. The van der Waals surface area contributed by atoms with Gasteiger partial charge in [-0.2, -0.15) is 0 Å². The van der Waals surface area contributed by atoms with Crippen LogP contribution < -0.4 is 10.1 Å². The molecule has 0 bridgehead atoms. The molecule has 0 saturated heterocycles. The van der Waals surface area contributed by atoms with E-state index < -0.39 is 4.92 Å². The van der Waals surface area contributed by atoms with Gasteiger partial charge in [-0.15, -0.1) is 0 Å². The number of nitro benzene ring substituents is 1. The first-order chi connectivity index (χ1) is 9.19. The number of ether oxygens (including phenoxy) is 1. The average molecular weight is 258 g/mol. The van der Waals surface area contributed by atoms with Crippen molar-refractivity contribution in [2.45, 2.75) is 6.61 Å². The SMILES string of the molecule is O=[N+]([O-])c1cccc2c1Nc1cc(CO)ccc1O2. The van der Waals surface area contributed by atoms with Crippen molar-refractivity contribution in [3.63, 3.8) is 0 Å². The molecule has 1 aliphatic heterocycles. The lowest BCUT2D eigenvalue weighted by Gasteiger charge is -2.21. The van der Waals surface area contributed by atoms with Gasteiger partial charge in [0.15, 0.2) is 17.2 Å². The maximum absolute atomic E-state index is 11.0. The molecular weight excluding hydrogens is 248 g/mol. The van der Waals surface area contributed by atoms with E-state index >= 15 is 0 Å². The fourth-order valence-corrected chi connectivity index (χ4v) is 2.00. The fraction of sp³-hybridized carbons (Fsp3) is 0.0769. The zero-order valence-corrected chi connectivity index (χ0v) is 9.79. The Bertz CT molecular complexity index is 670. The van der Waals surface area contributed by atoms with Gasteiger partial charge in [-0.3, -0.25) is 10.1 Å². The Morgan fingerprint density at radius 3 is 2.84 bits per heavy atom. The van der Waals surface area contributed by atoms with Crippen LogP contribution in [0.1, 0.15) is 5.56 Å². The molecule has 1 heterocycles. The molecule has 0 radical (unpaired) electrons. The third kappa shape index (κ3) is 1.88. The topological polar surface area (TPSA) is 84.6 Å². The van der Waals surface area contributed by atoms with Gasteiger partial charge < -0.3 is 15.2 Å². The van der Waals surface area contributed by atoms with Crippen LogP contribution in [0.2, 0.25) is 0 Å². The van der Waals surface area contributed by atoms with E-state index in [-0.39, 0.29) is 12.3 Å². The Hall–Kier alpha value is -2.60. The second kappa shape index (κ2) is 4.25. The Morgan fingerprint density at radius 2 is 2.11 bits per heavy atom. The van der Waals surface area contributed by atoms with Gasteiger partial charge in [0.2, 0.25) is 0 Å². The maximum Gasteiger partial charge on any atom is 0.296 e. The molecule has 0 unspecified atom stereocenters. The molecule has 0 amide bonds. The van der Waals surface area contributed by atoms with Gasteiger partial charge in [0.05, 0.1) is 17.2 Å². The number of rotatable bonds is 2. The largest absolute Gasteiger partial charge is 0.453 e. The Labute approximate surface area is 108 Å². The molecule has 0 aliphatic carbocycles. The number of hydrogen-bond donors (Lipinski definition) is 2. The van der Waals surface area contributed by atoms with Crippen LogP contribution in [0.25, 0.3) is 0 Å². The van der Waals surface area contributed by atoms with E-state index in [0.29, 0.717) is 28.4 Å². The lowest BCUT2D eigenvalue weighted by molar-refractivity contribution is -0.384. The van der Waals surface area contributed by atoms with Crippen LogP contribution in [-0.4, -0.2) is 10.0 Å². The number of nitrogens with one attached hydrogen (secondary N) is 1. The minimum absolute atomic E-state index is 0.0439. The van der Waals surface area contributed by atoms with Gasteiger partial charge in [-0.05, 0) is 23.8 Å². The number of aliphatic hydroxyl groups is 1. The van der Waals surface area contributed by atoms with Crippen molar-refractivity contribution in [3.8, 4) is 11.5 Å². The van der Waals surface area contributed by atoms with Gasteiger partial charge in [0.25, 0.3) is 5.69 Å². The summed E-state index contributed by atoms with van der Waals surface area (Å²) in [7, 11) is 0. The first kappa shape index (κ1) is 11.5. The minimum Gasteiger partial charge on any atom is -0.453 e. The Kier molecular flexibility index (Phi) is 2.57. The molecule has 19 heavy (non-hydrogen) atoms. The standard InChI is InChI=1S/C13H10N2O4/c16-7-8-4-5-11-9(6-8)14-13-10(15(17)18)2-1-3-12(13)19-11/h1-6,14,16H,7H2. The number of hydrogen-bond acceptors (Lipinski definition) is 5. The summed E-state index contributed by atoms with van der Waals surface area (Å²) in [6.07, 6.45) is 0. The number of benzene rings is 2. The normalized spacial score (nSPS) is 11.8. The minimum atomic E-state index is -0.462. The molecule has 0 saturated carbocycles. The van der Waals surface area contributed by atoms with E-state index in [4.69, 9.17) is 9.84 Å². The van der Waals surface area contributed by atoms with Gasteiger partial charge in [-0.25, -0.2) is 0 Å². The van der Waals surface area contributed by atoms with E-state index in [1.54, 1.807) is 30.3 Å². The van der Waals surface area contributed by atoms with Crippen LogP contribution in [-0.2, 0) is 6.61 Å². The number of nitro groups is 1. The van der Waals surface area contributed by atoms with Crippen molar-refractivity contribution < 1.29 is 14.8 Å². The summed E-state index contributed by atoms with van der Waals surface area (Å²) < 4.78 is 5.62. The number of para-hydroxylation sites is 1. The highest BCUT2D eigenvalue weighted by Gasteiger charge is 2.24. The zero-order valence-electron chi connectivity index (χ0n) is 9.79. The number of anilines is 2. The third-order valence-electron chi connectivity index (χ3n) is 2.91. The summed E-state index contributed by atoms with van der Waals surface area (Å²) in [6.45, 7) is -0.0985. The summed E-state index contributed by atoms with van der Waals surface area (Å²) in [5.74, 6) is 0.989. The first-order valence-corrected chi connectivity index (χ1v) is 5.65. The molecule has 2 aromatic carbocycles. The van der Waals surface area contributed by atoms with E-state index in [1.807, 2.05) is 0 Å². The van der Waals surface area contributed by atoms with Crippen molar-refractivity contribution in [1.29, 1.82) is 0 Å². The highest BCUT2D eigenvalue weighted by atomic mass is 16.6. The fourth-order valence-electron chi connectivity index (χ4n) is 2.00. The Morgan fingerprint density at radius 1 is 1.26 bits per heavy atom. The second-order valence-electron chi connectivity index (χ2n) is 4.12. The van der Waals surface area contributed by atoms with Crippen LogP contribution in [0.5, 0.6) is 11.5 Å². The van der Waals surface area contributed by atoms with Crippen LogP contribution >= 0.6 is 0 Å². The molecule has 1 aliphatic rings. The monoisotopic (exact) mass is 258 g/mol. The average Bonchev–Trinajstić information content (AvgIpc) is 2.43. The zero-order chi connectivity index (χ0) is 13.4. The molecule has 3 rings (SSSR count). The molecular formula is C13H10N2O4. The van der Waals surface area contributed by atoms with Crippen molar-refractivity contribution in [2.75, 3.05) is 5.32 Å². The lowest BCUT2D eigenvalue weighted by Crippen LogP contribution is -2.06. The predicted molar refractivity (Wildman–Crippen MR) is 68.8 cm³/mol. The first-order valence-electron chi connectivity index (χ1n) is 5.65. The van der Waals surface area contributed by atoms with Crippen LogP contribution in [0.15, 0.2) is 36.4 Å². The molecule has 0 aromatic heterocycles. The molecule has 0 spiro atoms. The summed E-state index contributed by atoms with van der Waals surface area (Å²) in [5.41, 5.74) is 1.60. The van der Waals surface area contributed by atoms with Gasteiger partial charge in [0.1, 0.15) is 0 Å². The number of nitrogens with zero attached hydrogens (tertiary/aromatic N) is 1. The molecule has 6 nitrogen and oxygen atoms in total. The predicted octanol–water partition coefficient (Wildman–Crippen LogP) is 2.94. The van der Waals surface area contributed by atoms with E-state index in [2.05, 4.69) is 5.32 Å². The Balaban J connectivity index is 2.09. The summed E-state index contributed by atoms with van der Waals surface area (Å²) in [4.78, 5) is 10.5. The smallest absolute Gasteiger partial charge is 0.296 e. The van der Waals surface area contributed by atoms with Crippen LogP contribution in [0.3, 0.4) is 0 Å². The second-order valence-corrected chi connectivity index (χ2v) is 4.12. The van der Waals surface area contributed by atoms with Crippen molar-refractivity contribution in [2.24, 2.45) is 0 Å². The summed E-state index contributed by atoms with van der Waals surface area (Å²) in [6, 6.07) is 9.81. The van der Waals surface area contributed by atoms with Crippen molar-refractivity contribution >= 4 is 17.1 Å². The third-order valence-corrected chi connectivity index (χ3v) is 2.91. The van der Waals surface area contributed by atoms with E-state index in [1.165, 1.54) is 6.07 Å². The van der Waals surface area contributed by atoms with Crippen LogP contribution in [0.4, 0.5) is 17.1 Å². The molecule has 0 atom stereocenters. The quantitative estimate of drug-likeness (QED) is 0.545. The molecule has 6 heteroatoms. The van der Waals surface area contributed by atoms with Crippen molar-refractivity contribution in [3.05, 3.63) is 52.1 Å². The molecule has 2 N–H and O–H groups in total. The number of aliphatic hydroxyl groups excluding tert-OH is 1. The van der Waals surface area contributed by atoms with Gasteiger partial charge in [0, 0.05) is 6.07 Å². The highest BCUT2D eigenvalue weighted by Crippen LogP contribution is 2.46. The lowest BCUT2D eigenvalue weighted by atomic mass is 10.1. The number of fused-ring (bicyclic) bond motifs is 2.